The molecular formula is C8H11NO2S. The first-order valence-electron chi connectivity index (χ1n) is 3.73. The third kappa shape index (κ3) is 1.64. The van der Waals surface area contributed by atoms with Gasteiger partial charge in [0.15, 0.2) is 0 Å². The van der Waals surface area contributed by atoms with Crippen molar-refractivity contribution in [1.82, 2.24) is 4.98 Å². The zero-order chi connectivity index (χ0) is 9.14. The van der Waals surface area contributed by atoms with Gasteiger partial charge in [0, 0.05) is 0 Å². The molecule has 0 aliphatic carbocycles. The zero-order valence-corrected chi connectivity index (χ0v) is 8.20. The first-order valence-corrected chi connectivity index (χ1v) is 4.55. The SMILES string of the molecule is CCc1nc(C)c(C(=O)OC)s1. The number of carbonyl (C=O) groups excluding carboxylic acids is 1. The van der Waals surface area contributed by atoms with E-state index < -0.39 is 0 Å². The van der Waals surface area contributed by atoms with Gasteiger partial charge in [-0.25, -0.2) is 9.78 Å². The van der Waals surface area contributed by atoms with Crippen LogP contribution in [0.2, 0.25) is 0 Å². The van der Waals surface area contributed by atoms with Crippen LogP contribution in [0.25, 0.3) is 0 Å². The van der Waals surface area contributed by atoms with Gasteiger partial charge in [-0.05, 0) is 13.3 Å². The van der Waals surface area contributed by atoms with E-state index in [2.05, 4.69) is 9.72 Å². The van der Waals surface area contributed by atoms with Gasteiger partial charge in [0.1, 0.15) is 4.88 Å². The lowest BCUT2D eigenvalue weighted by Crippen LogP contribution is -1.99. The van der Waals surface area contributed by atoms with Crippen LogP contribution in [0.5, 0.6) is 0 Å². The smallest absolute Gasteiger partial charge is 0.349 e. The van der Waals surface area contributed by atoms with Crippen LogP contribution < -0.4 is 0 Å². The van der Waals surface area contributed by atoms with Crippen LogP contribution in [-0.4, -0.2) is 18.1 Å². The molecule has 0 unspecified atom stereocenters. The van der Waals surface area contributed by atoms with Crippen LogP contribution in [0.3, 0.4) is 0 Å². The fourth-order valence-electron chi connectivity index (χ4n) is 0.886. The normalized spacial score (nSPS) is 9.92. The summed E-state index contributed by atoms with van der Waals surface area (Å²) in [5, 5.41) is 0.980. The Bertz CT molecular complexity index is 293. The molecule has 66 valence electrons. The molecule has 0 saturated carbocycles. The van der Waals surface area contributed by atoms with E-state index in [0.717, 1.165) is 17.1 Å². The first kappa shape index (κ1) is 9.19. The molecule has 0 fully saturated rings. The van der Waals surface area contributed by atoms with E-state index in [-0.39, 0.29) is 5.97 Å². The van der Waals surface area contributed by atoms with Gasteiger partial charge in [0.25, 0.3) is 0 Å². The van der Waals surface area contributed by atoms with Crippen molar-refractivity contribution in [1.29, 1.82) is 0 Å². The maximum atomic E-state index is 11.1. The van der Waals surface area contributed by atoms with Crippen molar-refractivity contribution in [2.45, 2.75) is 20.3 Å². The Morgan fingerprint density at radius 3 is 2.75 bits per heavy atom. The van der Waals surface area contributed by atoms with E-state index in [0.29, 0.717) is 4.88 Å². The number of hydrogen-bond acceptors (Lipinski definition) is 4. The number of methoxy groups -OCH3 is 1. The molecule has 0 saturated heterocycles. The fourth-order valence-corrected chi connectivity index (χ4v) is 1.81. The predicted molar refractivity (Wildman–Crippen MR) is 47.6 cm³/mol. The maximum absolute atomic E-state index is 11.1. The highest BCUT2D eigenvalue weighted by atomic mass is 32.1. The molecule has 0 aliphatic heterocycles. The molecular weight excluding hydrogens is 174 g/mol. The minimum Gasteiger partial charge on any atom is -0.465 e. The Labute approximate surface area is 75.4 Å². The second kappa shape index (κ2) is 3.67. The van der Waals surface area contributed by atoms with Crippen molar-refractivity contribution in [3.8, 4) is 0 Å². The predicted octanol–water partition coefficient (Wildman–Crippen LogP) is 1.80. The number of aryl methyl sites for hydroxylation is 2. The Morgan fingerprint density at radius 1 is 1.67 bits per heavy atom. The van der Waals surface area contributed by atoms with E-state index in [4.69, 9.17) is 0 Å². The molecule has 4 heteroatoms. The summed E-state index contributed by atoms with van der Waals surface area (Å²) in [5.41, 5.74) is 0.767. The largest absolute Gasteiger partial charge is 0.465 e. The number of nitrogens with zero attached hydrogens (tertiary/aromatic N) is 1. The molecule has 0 N–H and O–H groups in total. The minimum atomic E-state index is -0.287. The van der Waals surface area contributed by atoms with Crippen molar-refractivity contribution in [2.75, 3.05) is 7.11 Å². The number of carbonyl (C=O) groups is 1. The third-order valence-electron chi connectivity index (χ3n) is 1.51. The molecule has 0 bridgehead atoms. The monoisotopic (exact) mass is 185 g/mol. The van der Waals surface area contributed by atoms with Crippen LogP contribution >= 0.6 is 11.3 Å². The third-order valence-corrected chi connectivity index (χ3v) is 2.80. The Morgan fingerprint density at radius 2 is 2.33 bits per heavy atom. The first-order chi connectivity index (χ1) is 5.69. The second-order valence-corrected chi connectivity index (χ2v) is 3.45. The van der Waals surface area contributed by atoms with Crippen LogP contribution in [0.15, 0.2) is 0 Å². The van der Waals surface area contributed by atoms with Crippen molar-refractivity contribution in [2.24, 2.45) is 0 Å². The molecule has 1 heterocycles. The summed E-state index contributed by atoms with van der Waals surface area (Å²) in [4.78, 5) is 15.9. The van der Waals surface area contributed by atoms with Gasteiger partial charge in [-0.1, -0.05) is 6.92 Å². The highest BCUT2D eigenvalue weighted by Gasteiger charge is 2.14. The Hall–Kier alpha value is -0.900. The summed E-state index contributed by atoms with van der Waals surface area (Å²) in [6, 6.07) is 0. The molecule has 0 radical (unpaired) electrons. The number of thiazole rings is 1. The molecule has 1 aromatic heterocycles. The zero-order valence-electron chi connectivity index (χ0n) is 7.38. The molecule has 0 spiro atoms. The van der Waals surface area contributed by atoms with Gasteiger partial charge in [-0.15, -0.1) is 11.3 Å². The van der Waals surface area contributed by atoms with Gasteiger partial charge >= 0.3 is 5.97 Å². The quantitative estimate of drug-likeness (QED) is 0.659. The lowest BCUT2D eigenvalue weighted by molar-refractivity contribution is 0.0605. The lowest BCUT2D eigenvalue weighted by Gasteiger charge is -1.93. The van der Waals surface area contributed by atoms with Gasteiger partial charge in [0.05, 0.1) is 17.8 Å². The summed E-state index contributed by atoms with van der Waals surface area (Å²) in [6.45, 7) is 3.83. The van der Waals surface area contributed by atoms with Crippen molar-refractivity contribution in [3.05, 3.63) is 15.6 Å². The lowest BCUT2D eigenvalue weighted by atomic mass is 10.4. The summed E-state index contributed by atoms with van der Waals surface area (Å²) < 4.78 is 4.61. The summed E-state index contributed by atoms with van der Waals surface area (Å²) in [7, 11) is 1.38. The molecule has 1 rings (SSSR count). The van der Waals surface area contributed by atoms with E-state index in [9.17, 15) is 4.79 Å². The molecule has 0 amide bonds. The molecule has 12 heavy (non-hydrogen) atoms. The minimum absolute atomic E-state index is 0.287. The summed E-state index contributed by atoms with van der Waals surface area (Å²) >= 11 is 1.41. The topological polar surface area (TPSA) is 39.2 Å². The van der Waals surface area contributed by atoms with Crippen LogP contribution in [0.1, 0.15) is 27.3 Å². The molecule has 0 atom stereocenters. The van der Waals surface area contributed by atoms with Gasteiger partial charge in [-0.3, -0.25) is 0 Å². The van der Waals surface area contributed by atoms with E-state index in [1.807, 2.05) is 13.8 Å². The van der Waals surface area contributed by atoms with Crippen molar-refractivity contribution >= 4 is 17.3 Å². The second-order valence-electron chi connectivity index (χ2n) is 2.37. The molecule has 0 aliphatic rings. The number of rotatable bonds is 2. The Kier molecular flexibility index (Phi) is 2.81. The van der Waals surface area contributed by atoms with E-state index in [1.165, 1.54) is 18.4 Å². The standard InChI is InChI=1S/C8H11NO2S/c1-4-6-9-5(2)7(12-6)8(10)11-3/h4H2,1-3H3. The highest BCUT2D eigenvalue weighted by molar-refractivity contribution is 7.13. The molecule has 1 aromatic rings. The van der Waals surface area contributed by atoms with E-state index in [1.54, 1.807) is 0 Å². The van der Waals surface area contributed by atoms with Gasteiger partial charge in [-0.2, -0.15) is 0 Å². The average Bonchev–Trinajstić information content (AvgIpc) is 2.45. The fraction of sp³-hybridized carbons (Fsp3) is 0.500. The van der Waals surface area contributed by atoms with Crippen LogP contribution in [-0.2, 0) is 11.2 Å². The van der Waals surface area contributed by atoms with Gasteiger partial charge in [0.2, 0.25) is 0 Å². The molecule has 0 aromatic carbocycles. The number of esters is 1. The van der Waals surface area contributed by atoms with Crippen molar-refractivity contribution in [3.63, 3.8) is 0 Å². The van der Waals surface area contributed by atoms with Gasteiger partial charge < -0.3 is 4.74 Å². The van der Waals surface area contributed by atoms with Crippen LogP contribution in [0, 0.1) is 6.92 Å². The summed E-state index contributed by atoms with van der Waals surface area (Å²) in [6.07, 6.45) is 0.864. The average molecular weight is 185 g/mol. The molecule has 3 nitrogen and oxygen atoms in total. The highest BCUT2D eigenvalue weighted by Crippen LogP contribution is 2.18. The van der Waals surface area contributed by atoms with E-state index >= 15 is 0 Å². The summed E-state index contributed by atoms with van der Waals surface area (Å²) in [5.74, 6) is -0.287. The number of hydrogen-bond donors (Lipinski definition) is 0. The Balaban J connectivity index is 2.99. The van der Waals surface area contributed by atoms with Crippen molar-refractivity contribution < 1.29 is 9.53 Å². The maximum Gasteiger partial charge on any atom is 0.349 e. The number of aromatic nitrogens is 1. The number of ether oxygens (including phenoxy) is 1. The van der Waals surface area contributed by atoms with Crippen LogP contribution in [0.4, 0.5) is 0 Å².